The second-order valence-corrected chi connectivity index (χ2v) is 14.1. The molecular weight excluding hydrogens is 347 g/mol. The lowest BCUT2D eigenvalue weighted by molar-refractivity contribution is -0.109. The highest BCUT2D eigenvalue weighted by atomic mass is 31.1. The summed E-state index contributed by atoms with van der Waals surface area (Å²) in [5, 5.41) is 9.73. The van der Waals surface area contributed by atoms with E-state index in [4.69, 9.17) is 0 Å². The molecule has 4 saturated carbocycles. The van der Waals surface area contributed by atoms with Crippen molar-refractivity contribution in [1.29, 1.82) is 0 Å². The normalized spacial score (nSPS) is 47.7. The van der Waals surface area contributed by atoms with Gasteiger partial charge in [-0.05, 0) is 110 Å². The van der Waals surface area contributed by atoms with Crippen molar-refractivity contribution in [2.75, 3.05) is 12.8 Å². The van der Waals surface area contributed by atoms with Gasteiger partial charge in [-0.2, -0.15) is 0 Å². The summed E-state index contributed by atoms with van der Waals surface area (Å²) < 4.78 is 0. The quantitative estimate of drug-likeness (QED) is 0.506. The van der Waals surface area contributed by atoms with E-state index in [0.29, 0.717) is 22.6 Å². The number of hydrogen-bond donors (Lipinski definition) is 1. The van der Waals surface area contributed by atoms with Crippen molar-refractivity contribution in [3.63, 3.8) is 0 Å². The summed E-state index contributed by atoms with van der Waals surface area (Å²) in [5.74, 6) is 5.11. The average Bonchev–Trinajstić information content (AvgIpc) is 2.96. The molecule has 0 spiro atoms. The fourth-order valence-electron chi connectivity index (χ4n) is 8.51. The summed E-state index contributed by atoms with van der Waals surface area (Å²) >= 11 is 0. The van der Waals surface area contributed by atoms with Gasteiger partial charge in [-0.15, -0.1) is 8.58 Å². The molecule has 0 aromatic rings. The highest BCUT2D eigenvalue weighted by Gasteiger charge is 2.59. The lowest BCUT2D eigenvalue weighted by Gasteiger charge is -2.60. The molecule has 0 aromatic heterocycles. The van der Waals surface area contributed by atoms with Crippen molar-refractivity contribution in [3.8, 4) is 0 Å². The molecule has 4 fully saturated rings. The monoisotopic (exact) mass is 392 g/mol. The second kappa shape index (κ2) is 7.58. The summed E-state index contributed by atoms with van der Waals surface area (Å²) in [7, 11) is 1.02. The molecule has 0 bridgehead atoms. The van der Waals surface area contributed by atoms with Crippen LogP contribution in [0.5, 0.6) is 0 Å². The van der Waals surface area contributed by atoms with Crippen LogP contribution >= 0.6 is 8.58 Å². The summed E-state index contributed by atoms with van der Waals surface area (Å²) in [4.78, 5) is 0. The number of aliphatic hydroxyl groups excluding tert-OH is 1. The maximum atomic E-state index is 9.38. The van der Waals surface area contributed by atoms with Crippen LogP contribution in [0.15, 0.2) is 0 Å². The standard InChI is InChI=1S/C25H45OP/c1-23(2,15-16-26)27-17-19-9-11-21-20-10-8-18-7-5-6-13-24(18,3)22(20)12-14-25(19,21)4/h18-22,26-27H,5-17H2,1-4H3. The molecule has 0 saturated heterocycles. The minimum Gasteiger partial charge on any atom is -0.396 e. The maximum Gasteiger partial charge on any atom is 0.0439 e. The molecule has 1 nitrogen and oxygen atoms in total. The summed E-state index contributed by atoms with van der Waals surface area (Å²) in [5.41, 5.74) is 1.31. The molecule has 8 unspecified atom stereocenters. The Morgan fingerprint density at radius 2 is 1.67 bits per heavy atom. The van der Waals surface area contributed by atoms with E-state index in [1.807, 2.05) is 0 Å². The van der Waals surface area contributed by atoms with Crippen LogP contribution in [0.4, 0.5) is 0 Å². The summed E-state index contributed by atoms with van der Waals surface area (Å²) in [6.45, 7) is 10.5. The van der Waals surface area contributed by atoms with E-state index in [1.54, 1.807) is 12.8 Å². The lowest BCUT2D eigenvalue weighted by Crippen LogP contribution is -2.52. The fourth-order valence-corrected chi connectivity index (χ4v) is 10.3. The Labute approximate surface area is 170 Å². The number of fused-ring (bicyclic) bond motifs is 5. The minimum atomic E-state index is 0.341. The summed E-state index contributed by atoms with van der Waals surface area (Å²) in [6.07, 6.45) is 17.6. The largest absolute Gasteiger partial charge is 0.396 e. The molecule has 2 heteroatoms. The SMILES string of the molecule is CC(C)(CCO)PCC1CCC2C3CCC4CCCCC4(C)C3CCC12C. The van der Waals surface area contributed by atoms with E-state index in [2.05, 4.69) is 27.7 Å². The van der Waals surface area contributed by atoms with E-state index in [-0.39, 0.29) is 0 Å². The molecule has 27 heavy (non-hydrogen) atoms. The smallest absolute Gasteiger partial charge is 0.0439 e. The molecule has 8 atom stereocenters. The number of rotatable bonds is 5. The average molecular weight is 393 g/mol. The first kappa shape index (κ1) is 20.7. The third kappa shape index (κ3) is 3.56. The Bertz CT molecular complexity index is 530. The number of aliphatic hydroxyl groups is 1. The predicted molar refractivity (Wildman–Crippen MR) is 119 cm³/mol. The van der Waals surface area contributed by atoms with Crippen molar-refractivity contribution < 1.29 is 5.11 Å². The van der Waals surface area contributed by atoms with Gasteiger partial charge in [0, 0.05) is 6.61 Å². The topological polar surface area (TPSA) is 20.2 Å². The molecular formula is C25H45OP. The van der Waals surface area contributed by atoms with Gasteiger partial charge in [0.15, 0.2) is 0 Å². The van der Waals surface area contributed by atoms with Crippen LogP contribution in [0.1, 0.15) is 98.3 Å². The Morgan fingerprint density at radius 1 is 0.889 bits per heavy atom. The molecule has 4 aliphatic carbocycles. The van der Waals surface area contributed by atoms with Crippen LogP contribution < -0.4 is 0 Å². The lowest BCUT2D eigenvalue weighted by atomic mass is 9.45. The first-order valence-electron chi connectivity index (χ1n) is 12.2. The molecule has 156 valence electrons. The molecule has 4 aliphatic rings. The Morgan fingerprint density at radius 3 is 2.44 bits per heavy atom. The van der Waals surface area contributed by atoms with Crippen molar-refractivity contribution in [2.24, 2.45) is 40.4 Å². The van der Waals surface area contributed by atoms with E-state index in [0.717, 1.165) is 44.6 Å². The zero-order chi connectivity index (χ0) is 19.3. The molecule has 0 amide bonds. The predicted octanol–water partition coefficient (Wildman–Crippen LogP) is 6.87. The Kier molecular flexibility index (Phi) is 5.79. The minimum absolute atomic E-state index is 0.341. The van der Waals surface area contributed by atoms with Crippen LogP contribution in [0.3, 0.4) is 0 Å². The highest BCUT2D eigenvalue weighted by molar-refractivity contribution is 7.39. The molecule has 0 aliphatic heterocycles. The van der Waals surface area contributed by atoms with Crippen molar-refractivity contribution in [1.82, 2.24) is 0 Å². The van der Waals surface area contributed by atoms with Gasteiger partial charge in [0.1, 0.15) is 0 Å². The van der Waals surface area contributed by atoms with Crippen LogP contribution in [-0.4, -0.2) is 23.0 Å². The Balaban J connectivity index is 1.46. The zero-order valence-corrected chi connectivity index (χ0v) is 19.5. The van der Waals surface area contributed by atoms with Crippen molar-refractivity contribution in [2.45, 2.75) is 103 Å². The van der Waals surface area contributed by atoms with Gasteiger partial charge in [0.2, 0.25) is 0 Å². The van der Waals surface area contributed by atoms with Gasteiger partial charge in [0.25, 0.3) is 0 Å². The van der Waals surface area contributed by atoms with Crippen molar-refractivity contribution in [3.05, 3.63) is 0 Å². The van der Waals surface area contributed by atoms with Gasteiger partial charge < -0.3 is 5.11 Å². The third-order valence-electron chi connectivity index (χ3n) is 10.3. The third-order valence-corrected chi connectivity index (χ3v) is 12.2. The van der Waals surface area contributed by atoms with Crippen LogP contribution in [0.2, 0.25) is 0 Å². The number of hydrogen-bond acceptors (Lipinski definition) is 1. The van der Waals surface area contributed by atoms with Crippen LogP contribution in [0.25, 0.3) is 0 Å². The van der Waals surface area contributed by atoms with Gasteiger partial charge in [-0.1, -0.05) is 40.5 Å². The van der Waals surface area contributed by atoms with E-state index < -0.39 is 0 Å². The molecule has 0 radical (unpaired) electrons. The van der Waals surface area contributed by atoms with Gasteiger partial charge in [-0.3, -0.25) is 0 Å². The van der Waals surface area contributed by atoms with Gasteiger partial charge >= 0.3 is 0 Å². The van der Waals surface area contributed by atoms with Crippen LogP contribution in [0, 0.1) is 40.4 Å². The van der Waals surface area contributed by atoms with Crippen LogP contribution in [-0.2, 0) is 0 Å². The zero-order valence-electron chi connectivity index (χ0n) is 18.5. The molecule has 0 aromatic carbocycles. The van der Waals surface area contributed by atoms with Gasteiger partial charge in [0.05, 0.1) is 0 Å². The molecule has 1 N–H and O–H groups in total. The molecule has 0 heterocycles. The van der Waals surface area contributed by atoms with Crippen molar-refractivity contribution >= 4 is 8.58 Å². The van der Waals surface area contributed by atoms with Gasteiger partial charge in [-0.25, -0.2) is 0 Å². The molecule has 4 rings (SSSR count). The highest BCUT2D eigenvalue weighted by Crippen LogP contribution is 2.68. The second-order valence-electron chi connectivity index (χ2n) is 12.0. The van der Waals surface area contributed by atoms with E-state index in [9.17, 15) is 5.11 Å². The fraction of sp³-hybridized carbons (Fsp3) is 1.00. The first-order chi connectivity index (χ1) is 12.8. The Hall–Kier alpha value is 0.390. The van der Waals surface area contributed by atoms with E-state index in [1.165, 1.54) is 57.5 Å². The first-order valence-corrected chi connectivity index (χ1v) is 13.4. The maximum absolute atomic E-state index is 9.38. The summed E-state index contributed by atoms with van der Waals surface area (Å²) in [6, 6.07) is 0. The van der Waals surface area contributed by atoms with E-state index >= 15 is 0 Å².